The topological polar surface area (TPSA) is 40.5 Å². The van der Waals surface area contributed by atoms with E-state index in [4.69, 9.17) is 5.11 Å². The zero-order chi connectivity index (χ0) is 19.6. The van der Waals surface area contributed by atoms with Gasteiger partial charge in [-0.2, -0.15) is 0 Å². The summed E-state index contributed by atoms with van der Waals surface area (Å²) < 4.78 is 14.2. The molecule has 0 saturated carbocycles. The maximum Gasteiger partial charge on any atom is 0.304 e. The summed E-state index contributed by atoms with van der Waals surface area (Å²) in [5.41, 5.74) is 4.06. The van der Waals surface area contributed by atoms with Crippen molar-refractivity contribution in [2.75, 3.05) is 6.54 Å². The van der Waals surface area contributed by atoms with Gasteiger partial charge in [-0.15, -0.1) is 0 Å². The number of aryl methyl sites for hydroxylation is 2. The first-order valence-electron chi connectivity index (χ1n) is 9.75. The number of unbranched alkanes of at least 4 members (excludes halogenated alkanes) is 2. The van der Waals surface area contributed by atoms with Crippen LogP contribution in [-0.4, -0.2) is 22.5 Å². The number of carboxylic acid groups (broad SMARTS) is 1. The lowest BCUT2D eigenvalue weighted by molar-refractivity contribution is -0.137. The highest BCUT2D eigenvalue weighted by atomic mass is 19.1. The molecule has 0 fully saturated rings. The van der Waals surface area contributed by atoms with E-state index >= 15 is 0 Å². The van der Waals surface area contributed by atoms with Gasteiger partial charge < -0.3 is 5.11 Å². The zero-order valence-electron chi connectivity index (χ0n) is 16.4. The minimum atomic E-state index is -0.835. The van der Waals surface area contributed by atoms with E-state index in [1.54, 1.807) is 6.07 Å². The van der Waals surface area contributed by atoms with Gasteiger partial charge in [0.15, 0.2) is 0 Å². The van der Waals surface area contributed by atoms with Crippen LogP contribution in [0, 0.1) is 12.7 Å². The number of hydrogen-bond acceptors (Lipinski definition) is 2. The lowest BCUT2D eigenvalue weighted by atomic mass is 10.0. The first-order valence-corrected chi connectivity index (χ1v) is 9.75. The summed E-state index contributed by atoms with van der Waals surface area (Å²) in [5, 5.41) is 9.06. The quantitative estimate of drug-likeness (QED) is 0.542. The van der Waals surface area contributed by atoms with Crippen molar-refractivity contribution < 1.29 is 14.3 Å². The van der Waals surface area contributed by atoms with E-state index in [0.717, 1.165) is 17.5 Å². The van der Waals surface area contributed by atoms with E-state index in [1.165, 1.54) is 30.9 Å². The molecule has 0 aliphatic carbocycles. The summed E-state index contributed by atoms with van der Waals surface area (Å²) in [5.74, 6) is -1.08. The highest BCUT2D eigenvalue weighted by Crippen LogP contribution is 2.17. The summed E-state index contributed by atoms with van der Waals surface area (Å²) >= 11 is 0. The van der Waals surface area contributed by atoms with Crippen molar-refractivity contribution in [1.29, 1.82) is 0 Å². The highest BCUT2D eigenvalue weighted by molar-refractivity contribution is 5.66. The molecule has 0 atom stereocenters. The van der Waals surface area contributed by atoms with Gasteiger partial charge in [-0.05, 0) is 37.0 Å². The Morgan fingerprint density at radius 1 is 1.07 bits per heavy atom. The Bertz CT molecular complexity index is 745. The first-order chi connectivity index (χ1) is 13.0. The largest absolute Gasteiger partial charge is 0.481 e. The summed E-state index contributed by atoms with van der Waals surface area (Å²) in [6, 6.07) is 13.5. The van der Waals surface area contributed by atoms with Crippen LogP contribution in [0.25, 0.3) is 0 Å². The molecule has 4 heteroatoms. The molecule has 0 unspecified atom stereocenters. The normalized spacial score (nSPS) is 11.1. The van der Waals surface area contributed by atoms with Crippen LogP contribution in [0.15, 0.2) is 42.5 Å². The number of halogens is 1. The fourth-order valence-electron chi connectivity index (χ4n) is 3.25. The number of rotatable bonds is 11. The number of benzene rings is 2. The van der Waals surface area contributed by atoms with Crippen molar-refractivity contribution >= 4 is 5.97 Å². The molecule has 0 aliphatic heterocycles. The predicted molar refractivity (Wildman–Crippen MR) is 107 cm³/mol. The second-order valence-electron chi connectivity index (χ2n) is 7.23. The third-order valence-electron chi connectivity index (χ3n) is 4.70. The van der Waals surface area contributed by atoms with Gasteiger partial charge in [0.1, 0.15) is 5.82 Å². The van der Waals surface area contributed by atoms with Crippen LogP contribution in [0.5, 0.6) is 0 Å². The molecule has 0 saturated heterocycles. The van der Waals surface area contributed by atoms with E-state index in [-0.39, 0.29) is 12.2 Å². The molecule has 0 aromatic heterocycles. The van der Waals surface area contributed by atoms with Gasteiger partial charge in [0.2, 0.25) is 0 Å². The van der Waals surface area contributed by atoms with E-state index in [0.29, 0.717) is 25.2 Å². The van der Waals surface area contributed by atoms with E-state index < -0.39 is 5.97 Å². The minimum Gasteiger partial charge on any atom is -0.481 e. The second kappa shape index (κ2) is 10.8. The lowest BCUT2D eigenvalue weighted by Crippen LogP contribution is -2.26. The number of aliphatic carboxylic acids is 1. The number of nitrogens with zero attached hydrogens (tertiary/aromatic N) is 1. The summed E-state index contributed by atoms with van der Waals surface area (Å²) in [6.45, 7) is 5.54. The molecule has 0 bridgehead atoms. The van der Waals surface area contributed by atoms with Crippen molar-refractivity contribution in [2.24, 2.45) is 0 Å². The van der Waals surface area contributed by atoms with Gasteiger partial charge in [-0.25, -0.2) is 4.39 Å². The molecule has 2 rings (SSSR count). The van der Waals surface area contributed by atoms with Crippen molar-refractivity contribution in [2.45, 2.75) is 59.0 Å². The van der Waals surface area contributed by atoms with Crippen LogP contribution >= 0.6 is 0 Å². The van der Waals surface area contributed by atoms with Crippen LogP contribution < -0.4 is 0 Å². The molecule has 2 aromatic rings. The van der Waals surface area contributed by atoms with Crippen LogP contribution in [-0.2, 0) is 24.3 Å². The molecule has 3 nitrogen and oxygen atoms in total. The smallest absolute Gasteiger partial charge is 0.304 e. The third-order valence-corrected chi connectivity index (χ3v) is 4.70. The van der Waals surface area contributed by atoms with Gasteiger partial charge in [-0.3, -0.25) is 9.69 Å². The molecule has 0 spiro atoms. The fraction of sp³-hybridized carbons (Fsp3) is 0.435. The Balaban J connectivity index is 2.10. The highest BCUT2D eigenvalue weighted by Gasteiger charge is 2.12. The molecule has 0 heterocycles. The Labute approximate surface area is 161 Å². The van der Waals surface area contributed by atoms with E-state index in [9.17, 15) is 9.18 Å². The molecular formula is C23H30FNO2. The van der Waals surface area contributed by atoms with Crippen molar-refractivity contribution in [3.8, 4) is 0 Å². The van der Waals surface area contributed by atoms with E-state index in [2.05, 4.69) is 31.2 Å². The van der Waals surface area contributed by atoms with Crippen molar-refractivity contribution in [3.63, 3.8) is 0 Å². The number of hydrogen-bond donors (Lipinski definition) is 1. The van der Waals surface area contributed by atoms with Gasteiger partial charge in [0.25, 0.3) is 0 Å². The third kappa shape index (κ3) is 7.51. The molecule has 1 N–H and O–H groups in total. The summed E-state index contributed by atoms with van der Waals surface area (Å²) in [4.78, 5) is 13.0. The van der Waals surface area contributed by atoms with Crippen molar-refractivity contribution in [3.05, 3.63) is 70.5 Å². The van der Waals surface area contributed by atoms with Gasteiger partial charge in [-0.1, -0.05) is 61.7 Å². The van der Waals surface area contributed by atoms with Gasteiger partial charge in [0, 0.05) is 25.2 Å². The molecule has 146 valence electrons. The van der Waals surface area contributed by atoms with Crippen LogP contribution in [0.1, 0.15) is 54.9 Å². The molecule has 27 heavy (non-hydrogen) atoms. The SMILES string of the molecule is CCCCCc1cccc(CN(CCC(=O)O)Cc2cc(C)ccc2F)c1. The second-order valence-corrected chi connectivity index (χ2v) is 7.23. The predicted octanol–water partition coefficient (Wildman–Crippen LogP) is 5.34. The fourth-order valence-corrected chi connectivity index (χ4v) is 3.25. The molecule has 0 radical (unpaired) electrons. The Hall–Kier alpha value is -2.20. The molecule has 0 amide bonds. The van der Waals surface area contributed by atoms with Crippen LogP contribution in [0.3, 0.4) is 0 Å². The summed E-state index contributed by atoms with van der Waals surface area (Å²) in [6.07, 6.45) is 4.70. The Morgan fingerprint density at radius 2 is 1.85 bits per heavy atom. The Morgan fingerprint density at radius 3 is 2.59 bits per heavy atom. The summed E-state index contributed by atoms with van der Waals surface area (Å²) in [7, 11) is 0. The average Bonchev–Trinajstić information content (AvgIpc) is 2.63. The van der Waals surface area contributed by atoms with Gasteiger partial charge >= 0.3 is 5.97 Å². The van der Waals surface area contributed by atoms with Crippen molar-refractivity contribution in [1.82, 2.24) is 4.90 Å². The van der Waals surface area contributed by atoms with E-state index in [1.807, 2.05) is 17.9 Å². The average molecular weight is 371 g/mol. The standard InChI is InChI=1S/C23H30FNO2/c1-3-4-5-7-19-8-6-9-20(15-19)16-25(13-12-23(26)27)17-21-14-18(2)10-11-22(21)24/h6,8-11,14-15H,3-5,7,12-13,16-17H2,1-2H3,(H,26,27). The molecule has 2 aromatic carbocycles. The monoisotopic (exact) mass is 371 g/mol. The maximum absolute atomic E-state index is 14.2. The van der Waals surface area contributed by atoms with Gasteiger partial charge in [0.05, 0.1) is 6.42 Å². The molecule has 0 aliphatic rings. The lowest BCUT2D eigenvalue weighted by Gasteiger charge is -2.22. The first kappa shape index (κ1) is 21.1. The minimum absolute atomic E-state index is 0.0453. The van der Waals surface area contributed by atoms with Crippen LogP contribution in [0.4, 0.5) is 4.39 Å². The maximum atomic E-state index is 14.2. The number of carbonyl (C=O) groups is 1. The molecular weight excluding hydrogens is 341 g/mol. The zero-order valence-corrected chi connectivity index (χ0v) is 16.4. The number of carboxylic acids is 1. The Kier molecular flexibility index (Phi) is 8.46. The van der Waals surface area contributed by atoms with Crippen LogP contribution in [0.2, 0.25) is 0 Å².